The molecule has 2 rings (SSSR count). The molecule has 0 amide bonds. The molecule has 64 valence electrons. The topological polar surface area (TPSA) is 29.3 Å². The SMILES string of the molecule is CC(C)N1C[C@@H]2[C@@H](N)[C@]2(C)C1. The Hall–Kier alpha value is -0.0800. The van der Waals surface area contributed by atoms with Gasteiger partial charge in [0.1, 0.15) is 0 Å². The maximum atomic E-state index is 5.94. The Morgan fingerprint density at radius 3 is 2.55 bits per heavy atom. The summed E-state index contributed by atoms with van der Waals surface area (Å²) < 4.78 is 0. The number of likely N-dealkylation sites (tertiary alicyclic amines) is 1. The maximum Gasteiger partial charge on any atom is 0.0156 e. The molecule has 1 aliphatic heterocycles. The summed E-state index contributed by atoms with van der Waals surface area (Å²) in [5.41, 5.74) is 6.42. The molecular weight excluding hydrogens is 136 g/mol. The van der Waals surface area contributed by atoms with Gasteiger partial charge in [0.25, 0.3) is 0 Å². The first kappa shape index (κ1) is 7.56. The van der Waals surface area contributed by atoms with Crippen molar-refractivity contribution in [2.24, 2.45) is 17.1 Å². The van der Waals surface area contributed by atoms with Crippen LogP contribution in [0.25, 0.3) is 0 Å². The van der Waals surface area contributed by atoms with Gasteiger partial charge in [-0.05, 0) is 19.8 Å². The number of rotatable bonds is 1. The largest absolute Gasteiger partial charge is 0.327 e. The number of fused-ring (bicyclic) bond motifs is 1. The van der Waals surface area contributed by atoms with Gasteiger partial charge in [0.05, 0.1) is 0 Å². The summed E-state index contributed by atoms with van der Waals surface area (Å²) in [5, 5.41) is 0. The van der Waals surface area contributed by atoms with Gasteiger partial charge in [-0.1, -0.05) is 6.92 Å². The van der Waals surface area contributed by atoms with Crippen LogP contribution in [0, 0.1) is 11.3 Å². The Bertz CT molecular complexity index is 178. The van der Waals surface area contributed by atoms with Gasteiger partial charge >= 0.3 is 0 Å². The van der Waals surface area contributed by atoms with Gasteiger partial charge < -0.3 is 5.73 Å². The van der Waals surface area contributed by atoms with Gasteiger partial charge in [0.15, 0.2) is 0 Å². The van der Waals surface area contributed by atoms with Crippen molar-refractivity contribution in [1.29, 1.82) is 0 Å². The fraction of sp³-hybridized carbons (Fsp3) is 1.00. The second-order valence-electron chi connectivity index (χ2n) is 4.66. The Morgan fingerprint density at radius 1 is 1.55 bits per heavy atom. The van der Waals surface area contributed by atoms with Crippen molar-refractivity contribution in [3.05, 3.63) is 0 Å². The predicted molar refractivity (Wildman–Crippen MR) is 46.3 cm³/mol. The molecule has 1 aliphatic carbocycles. The van der Waals surface area contributed by atoms with E-state index in [2.05, 4.69) is 25.7 Å². The van der Waals surface area contributed by atoms with E-state index >= 15 is 0 Å². The van der Waals surface area contributed by atoms with Crippen LogP contribution in [0.15, 0.2) is 0 Å². The number of nitrogens with two attached hydrogens (primary N) is 1. The molecule has 11 heavy (non-hydrogen) atoms. The van der Waals surface area contributed by atoms with Crippen LogP contribution in [-0.2, 0) is 0 Å². The predicted octanol–water partition coefficient (Wildman–Crippen LogP) is 0.674. The molecule has 0 spiro atoms. The molecule has 2 N–H and O–H groups in total. The Labute approximate surface area is 68.7 Å². The number of nitrogens with zero attached hydrogens (tertiary/aromatic N) is 1. The smallest absolute Gasteiger partial charge is 0.0156 e. The number of hydrogen-bond acceptors (Lipinski definition) is 2. The van der Waals surface area contributed by atoms with Gasteiger partial charge in [-0.25, -0.2) is 0 Å². The molecule has 0 unspecified atom stereocenters. The highest BCUT2D eigenvalue weighted by Gasteiger charge is 2.64. The molecule has 2 aliphatic rings. The van der Waals surface area contributed by atoms with E-state index in [1.54, 1.807) is 0 Å². The van der Waals surface area contributed by atoms with Crippen LogP contribution in [0.3, 0.4) is 0 Å². The molecule has 2 nitrogen and oxygen atoms in total. The maximum absolute atomic E-state index is 5.94. The minimum atomic E-state index is 0.476. The van der Waals surface area contributed by atoms with E-state index in [0.29, 0.717) is 17.5 Å². The van der Waals surface area contributed by atoms with Gasteiger partial charge in [-0.3, -0.25) is 4.90 Å². The van der Waals surface area contributed by atoms with Gasteiger partial charge in [-0.15, -0.1) is 0 Å². The molecule has 1 heterocycles. The summed E-state index contributed by atoms with van der Waals surface area (Å²) in [5.74, 6) is 0.796. The molecule has 2 fully saturated rings. The molecular formula is C9H18N2. The summed E-state index contributed by atoms with van der Waals surface area (Å²) in [4.78, 5) is 2.54. The molecule has 0 bridgehead atoms. The van der Waals surface area contributed by atoms with Crippen molar-refractivity contribution in [3.63, 3.8) is 0 Å². The van der Waals surface area contributed by atoms with Crippen LogP contribution < -0.4 is 5.73 Å². The molecule has 1 saturated carbocycles. The zero-order chi connectivity index (χ0) is 8.22. The molecule has 0 aromatic heterocycles. The zero-order valence-corrected chi connectivity index (χ0v) is 7.67. The van der Waals surface area contributed by atoms with Crippen LogP contribution in [0.2, 0.25) is 0 Å². The zero-order valence-electron chi connectivity index (χ0n) is 7.67. The Balaban J connectivity index is 2.00. The van der Waals surface area contributed by atoms with Crippen molar-refractivity contribution in [3.8, 4) is 0 Å². The van der Waals surface area contributed by atoms with E-state index in [1.807, 2.05) is 0 Å². The second kappa shape index (κ2) is 1.99. The molecule has 2 heteroatoms. The van der Waals surface area contributed by atoms with Gasteiger partial charge in [0, 0.05) is 30.6 Å². The summed E-state index contributed by atoms with van der Waals surface area (Å²) in [6, 6.07) is 1.20. The highest BCUT2D eigenvalue weighted by Crippen LogP contribution is 2.56. The van der Waals surface area contributed by atoms with Crippen LogP contribution >= 0.6 is 0 Å². The van der Waals surface area contributed by atoms with E-state index < -0.39 is 0 Å². The first-order chi connectivity index (χ1) is 5.05. The average molecular weight is 154 g/mol. The fourth-order valence-electron chi connectivity index (χ4n) is 2.39. The highest BCUT2D eigenvalue weighted by molar-refractivity contribution is 5.18. The molecule has 0 aromatic carbocycles. The monoisotopic (exact) mass is 154 g/mol. The normalized spacial score (nSPS) is 49.9. The van der Waals surface area contributed by atoms with Gasteiger partial charge in [-0.2, -0.15) is 0 Å². The van der Waals surface area contributed by atoms with Crippen molar-refractivity contribution >= 4 is 0 Å². The summed E-state index contributed by atoms with van der Waals surface area (Å²) in [6.07, 6.45) is 0. The lowest BCUT2D eigenvalue weighted by Crippen LogP contribution is -2.35. The van der Waals surface area contributed by atoms with Crippen LogP contribution in [0.5, 0.6) is 0 Å². The second-order valence-corrected chi connectivity index (χ2v) is 4.66. The first-order valence-corrected chi connectivity index (χ1v) is 4.55. The molecule has 0 aromatic rings. The van der Waals surface area contributed by atoms with E-state index in [-0.39, 0.29) is 0 Å². The van der Waals surface area contributed by atoms with Crippen molar-refractivity contribution in [2.45, 2.75) is 32.9 Å². The van der Waals surface area contributed by atoms with Crippen LogP contribution in [-0.4, -0.2) is 30.1 Å². The lowest BCUT2D eigenvalue weighted by atomic mass is 10.1. The summed E-state index contributed by atoms with van der Waals surface area (Å²) >= 11 is 0. The first-order valence-electron chi connectivity index (χ1n) is 4.55. The van der Waals surface area contributed by atoms with Crippen molar-refractivity contribution in [2.75, 3.05) is 13.1 Å². The third-order valence-corrected chi connectivity index (χ3v) is 3.64. The third kappa shape index (κ3) is 0.859. The lowest BCUT2D eigenvalue weighted by molar-refractivity contribution is 0.227. The molecule has 3 atom stereocenters. The van der Waals surface area contributed by atoms with Crippen molar-refractivity contribution in [1.82, 2.24) is 4.90 Å². The van der Waals surface area contributed by atoms with E-state index in [0.717, 1.165) is 5.92 Å². The van der Waals surface area contributed by atoms with E-state index in [9.17, 15) is 0 Å². The minimum absolute atomic E-state index is 0.476. The number of hydrogen-bond donors (Lipinski definition) is 1. The molecule has 1 saturated heterocycles. The third-order valence-electron chi connectivity index (χ3n) is 3.64. The average Bonchev–Trinajstić information content (AvgIpc) is 2.34. The molecule has 0 radical (unpaired) electrons. The van der Waals surface area contributed by atoms with E-state index in [1.165, 1.54) is 13.1 Å². The minimum Gasteiger partial charge on any atom is -0.327 e. The fourth-order valence-corrected chi connectivity index (χ4v) is 2.39. The van der Waals surface area contributed by atoms with Crippen LogP contribution in [0.4, 0.5) is 0 Å². The van der Waals surface area contributed by atoms with Gasteiger partial charge in [0.2, 0.25) is 0 Å². The van der Waals surface area contributed by atoms with Crippen LogP contribution in [0.1, 0.15) is 20.8 Å². The Morgan fingerprint density at radius 2 is 2.18 bits per heavy atom. The Kier molecular flexibility index (Phi) is 1.37. The lowest BCUT2D eigenvalue weighted by Gasteiger charge is -2.24. The van der Waals surface area contributed by atoms with E-state index in [4.69, 9.17) is 5.73 Å². The number of piperidine rings is 1. The quantitative estimate of drug-likeness (QED) is 0.601. The summed E-state index contributed by atoms with van der Waals surface area (Å²) in [7, 11) is 0. The summed E-state index contributed by atoms with van der Waals surface area (Å²) in [6.45, 7) is 9.30. The van der Waals surface area contributed by atoms with Crippen molar-refractivity contribution < 1.29 is 0 Å². The standard InChI is InChI=1S/C9H18N2/c1-6(2)11-4-7-8(10)9(7,3)5-11/h6-8H,4-5,10H2,1-3H3/t7-,8-,9-/m1/s1. The highest BCUT2D eigenvalue weighted by atomic mass is 15.2.